The molecule has 3 amide bonds. The average Bonchev–Trinajstić information content (AvgIpc) is 2.67. The molecule has 0 saturated heterocycles. The largest absolute Gasteiger partial charge is 0.336 e. The normalized spacial score (nSPS) is 14.4. The van der Waals surface area contributed by atoms with Gasteiger partial charge in [0, 0.05) is 23.8 Å². The van der Waals surface area contributed by atoms with E-state index < -0.39 is 12.1 Å². The molecule has 1 atom stereocenters. The minimum Gasteiger partial charge on any atom is -0.336 e. The molecule has 0 spiro atoms. The number of urea groups is 1. The third kappa shape index (κ3) is 4.80. The van der Waals surface area contributed by atoms with Crippen LogP contribution in [-0.2, 0) is 17.8 Å². The Bertz CT molecular complexity index is 820. The highest BCUT2D eigenvalue weighted by molar-refractivity contribution is 6.30. The summed E-state index contributed by atoms with van der Waals surface area (Å²) >= 11 is 5.86. The van der Waals surface area contributed by atoms with Crippen LogP contribution >= 0.6 is 11.6 Å². The van der Waals surface area contributed by atoms with E-state index in [1.165, 1.54) is 11.1 Å². The van der Waals surface area contributed by atoms with Gasteiger partial charge in [0.05, 0.1) is 0 Å². The van der Waals surface area contributed by atoms with Gasteiger partial charge in [-0.3, -0.25) is 4.79 Å². The number of rotatable bonds is 4. The van der Waals surface area contributed by atoms with E-state index in [4.69, 9.17) is 11.6 Å². The van der Waals surface area contributed by atoms with Crippen LogP contribution in [0.3, 0.4) is 0 Å². The van der Waals surface area contributed by atoms with Crippen LogP contribution in [0.5, 0.6) is 0 Å². The van der Waals surface area contributed by atoms with E-state index in [9.17, 15) is 9.59 Å². The molecule has 2 N–H and O–H groups in total. The predicted molar refractivity (Wildman–Crippen MR) is 108 cm³/mol. The lowest BCUT2D eigenvalue weighted by Crippen LogP contribution is -2.53. The second-order valence-electron chi connectivity index (χ2n) is 7.11. The highest BCUT2D eigenvalue weighted by atomic mass is 35.5. The third-order valence-electron chi connectivity index (χ3n) is 4.76. The summed E-state index contributed by atoms with van der Waals surface area (Å²) in [6.45, 7) is 5.12. The van der Waals surface area contributed by atoms with Crippen molar-refractivity contribution in [1.29, 1.82) is 0 Å². The Hall–Kier alpha value is -2.53. The number of benzene rings is 2. The lowest BCUT2D eigenvalue weighted by Gasteiger charge is -2.33. The van der Waals surface area contributed by atoms with Crippen LogP contribution in [0.15, 0.2) is 48.5 Å². The number of nitrogens with one attached hydrogen (secondary N) is 2. The Morgan fingerprint density at radius 3 is 2.37 bits per heavy atom. The van der Waals surface area contributed by atoms with E-state index in [1.54, 1.807) is 24.3 Å². The van der Waals surface area contributed by atoms with Gasteiger partial charge >= 0.3 is 6.03 Å². The Kier molecular flexibility index (Phi) is 6.01. The first-order chi connectivity index (χ1) is 12.9. The minimum absolute atomic E-state index is 0.0226. The van der Waals surface area contributed by atoms with Crippen molar-refractivity contribution in [2.45, 2.75) is 32.9 Å². The summed E-state index contributed by atoms with van der Waals surface area (Å²) in [6.07, 6.45) is 0.837. The first-order valence-corrected chi connectivity index (χ1v) is 9.50. The van der Waals surface area contributed by atoms with Gasteiger partial charge in [-0.15, -0.1) is 0 Å². The van der Waals surface area contributed by atoms with Crippen molar-refractivity contribution >= 4 is 29.2 Å². The van der Waals surface area contributed by atoms with E-state index in [0.29, 0.717) is 23.8 Å². The fourth-order valence-corrected chi connectivity index (χ4v) is 3.36. The fourth-order valence-electron chi connectivity index (χ4n) is 3.24. The van der Waals surface area contributed by atoms with Crippen molar-refractivity contribution in [3.63, 3.8) is 0 Å². The lowest BCUT2D eigenvalue weighted by molar-refractivity contribution is -0.135. The second kappa shape index (κ2) is 8.44. The molecule has 1 heterocycles. The van der Waals surface area contributed by atoms with Gasteiger partial charge in [-0.05, 0) is 47.7 Å². The van der Waals surface area contributed by atoms with E-state index in [0.717, 1.165) is 6.42 Å². The molecule has 27 heavy (non-hydrogen) atoms. The minimum atomic E-state index is -0.581. The maximum absolute atomic E-state index is 13.0. The first-order valence-electron chi connectivity index (χ1n) is 9.12. The SMILES string of the molecule is CC(C)[C@@H](NC(=O)Nc1ccc(Cl)cc1)C(=O)N1CCc2ccccc2C1. The number of anilines is 1. The van der Waals surface area contributed by atoms with Gasteiger partial charge in [0.15, 0.2) is 0 Å². The number of hydrogen-bond acceptors (Lipinski definition) is 2. The summed E-state index contributed by atoms with van der Waals surface area (Å²) in [6, 6.07) is 14.0. The second-order valence-corrected chi connectivity index (χ2v) is 7.54. The van der Waals surface area contributed by atoms with E-state index in [1.807, 2.05) is 30.9 Å². The summed E-state index contributed by atoms with van der Waals surface area (Å²) in [5, 5.41) is 6.17. The summed E-state index contributed by atoms with van der Waals surface area (Å²) in [7, 11) is 0. The van der Waals surface area contributed by atoms with Crippen molar-refractivity contribution in [3.8, 4) is 0 Å². The summed E-state index contributed by atoms with van der Waals surface area (Å²) in [4.78, 5) is 27.2. The van der Waals surface area contributed by atoms with Crippen LogP contribution in [0.2, 0.25) is 5.02 Å². The third-order valence-corrected chi connectivity index (χ3v) is 5.02. The van der Waals surface area contributed by atoms with Crippen molar-refractivity contribution < 1.29 is 9.59 Å². The van der Waals surface area contributed by atoms with E-state index in [2.05, 4.69) is 22.8 Å². The van der Waals surface area contributed by atoms with Gasteiger partial charge in [0.2, 0.25) is 5.91 Å². The van der Waals surface area contributed by atoms with E-state index >= 15 is 0 Å². The molecule has 0 aromatic heterocycles. The zero-order valence-corrected chi connectivity index (χ0v) is 16.3. The zero-order valence-electron chi connectivity index (χ0n) is 15.5. The summed E-state index contributed by atoms with van der Waals surface area (Å²) in [5.41, 5.74) is 3.08. The average molecular weight is 386 g/mol. The number of carbonyl (C=O) groups is 2. The van der Waals surface area contributed by atoms with Crippen molar-refractivity contribution in [2.75, 3.05) is 11.9 Å². The quantitative estimate of drug-likeness (QED) is 0.833. The number of carbonyl (C=O) groups excluding carboxylic acids is 2. The molecule has 142 valence electrons. The first kappa shape index (κ1) is 19.2. The zero-order chi connectivity index (χ0) is 19.4. The van der Waals surface area contributed by atoms with Gasteiger partial charge in [-0.25, -0.2) is 4.79 Å². The molecule has 1 aliphatic heterocycles. The van der Waals surface area contributed by atoms with Crippen molar-refractivity contribution in [3.05, 3.63) is 64.7 Å². The number of hydrogen-bond donors (Lipinski definition) is 2. The Morgan fingerprint density at radius 1 is 1.04 bits per heavy atom. The molecule has 5 nitrogen and oxygen atoms in total. The Balaban J connectivity index is 1.65. The van der Waals surface area contributed by atoms with Gasteiger partial charge in [-0.2, -0.15) is 0 Å². The Labute approximate surface area is 164 Å². The van der Waals surface area contributed by atoms with Crippen LogP contribution in [0.25, 0.3) is 0 Å². The van der Waals surface area contributed by atoms with Crippen molar-refractivity contribution in [1.82, 2.24) is 10.2 Å². The highest BCUT2D eigenvalue weighted by Gasteiger charge is 2.30. The molecule has 0 aliphatic carbocycles. The van der Waals surface area contributed by atoms with Crippen LogP contribution in [-0.4, -0.2) is 29.4 Å². The number of nitrogens with zero attached hydrogens (tertiary/aromatic N) is 1. The van der Waals surface area contributed by atoms with Gasteiger partial charge < -0.3 is 15.5 Å². The highest BCUT2D eigenvalue weighted by Crippen LogP contribution is 2.20. The monoisotopic (exact) mass is 385 g/mol. The van der Waals surface area contributed by atoms with Crippen molar-refractivity contribution in [2.24, 2.45) is 5.92 Å². The molecular weight excluding hydrogens is 362 g/mol. The topological polar surface area (TPSA) is 61.4 Å². The van der Waals surface area contributed by atoms with E-state index in [-0.39, 0.29) is 11.8 Å². The number of amides is 3. The Morgan fingerprint density at radius 2 is 1.70 bits per heavy atom. The fraction of sp³-hybridized carbons (Fsp3) is 0.333. The lowest BCUT2D eigenvalue weighted by atomic mass is 9.97. The molecule has 1 aliphatic rings. The molecule has 2 aromatic carbocycles. The molecule has 0 radical (unpaired) electrons. The van der Waals surface area contributed by atoms with Gasteiger partial charge in [-0.1, -0.05) is 49.7 Å². The smallest absolute Gasteiger partial charge is 0.319 e. The molecule has 0 fully saturated rings. The maximum Gasteiger partial charge on any atom is 0.319 e. The van der Waals surface area contributed by atoms with Gasteiger partial charge in [0.25, 0.3) is 0 Å². The molecule has 0 bridgehead atoms. The van der Waals surface area contributed by atoms with Gasteiger partial charge in [0.1, 0.15) is 6.04 Å². The van der Waals surface area contributed by atoms with Crippen LogP contribution in [0.1, 0.15) is 25.0 Å². The molecular formula is C21H24ClN3O2. The number of halogens is 1. The standard InChI is InChI=1S/C21H24ClN3O2/c1-14(2)19(24-21(27)23-18-9-7-17(22)8-10-18)20(26)25-12-11-15-5-3-4-6-16(15)13-25/h3-10,14,19H,11-13H2,1-2H3,(H2,23,24,27)/t19-/m1/s1. The molecule has 3 rings (SSSR count). The molecule has 0 saturated carbocycles. The molecule has 6 heteroatoms. The predicted octanol–water partition coefficient (Wildman–Crippen LogP) is 4.07. The number of fused-ring (bicyclic) bond motifs is 1. The maximum atomic E-state index is 13.0. The molecule has 2 aromatic rings. The summed E-state index contributed by atoms with van der Waals surface area (Å²) in [5.74, 6) is -0.0728. The van der Waals surface area contributed by atoms with Crippen LogP contribution < -0.4 is 10.6 Å². The van der Waals surface area contributed by atoms with Crippen LogP contribution in [0.4, 0.5) is 10.5 Å². The molecule has 0 unspecified atom stereocenters. The van der Waals surface area contributed by atoms with Crippen LogP contribution in [0, 0.1) is 5.92 Å². The summed E-state index contributed by atoms with van der Waals surface area (Å²) < 4.78 is 0.